The van der Waals surface area contributed by atoms with Crippen molar-refractivity contribution in [1.82, 2.24) is 14.9 Å². The van der Waals surface area contributed by atoms with Crippen LogP contribution in [0.25, 0.3) is 11.0 Å². The Morgan fingerprint density at radius 2 is 2.14 bits per heavy atom. The quantitative estimate of drug-likeness (QED) is 0.892. The van der Waals surface area contributed by atoms with Gasteiger partial charge in [-0.25, -0.2) is 4.98 Å². The number of rotatable bonds is 5. The van der Waals surface area contributed by atoms with Crippen molar-refractivity contribution in [3.8, 4) is 0 Å². The van der Waals surface area contributed by atoms with Crippen molar-refractivity contribution in [2.45, 2.75) is 39.3 Å². The van der Waals surface area contributed by atoms with Gasteiger partial charge in [-0.3, -0.25) is 4.79 Å². The van der Waals surface area contributed by atoms with E-state index in [1.165, 1.54) is 0 Å². The average Bonchev–Trinajstić information content (AvgIpc) is 2.73. The van der Waals surface area contributed by atoms with Crippen LogP contribution in [-0.4, -0.2) is 33.2 Å². The van der Waals surface area contributed by atoms with Gasteiger partial charge in [0, 0.05) is 24.3 Å². The van der Waals surface area contributed by atoms with Crippen molar-refractivity contribution in [3.63, 3.8) is 0 Å². The van der Waals surface area contributed by atoms with Crippen LogP contribution in [0.4, 0.5) is 0 Å². The molecule has 2 rings (SSSR count). The number of benzene rings is 1. The normalized spacial score (nSPS) is 12.9. The maximum absolute atomic E-state index is 12.1. The smallest absolute Gasteiger partial charge is 0.251 e. The van der Waals surface area contributed by atoms with Gasteiger partial charge in [-0.2, -0.15) is 0 Å². The lowest BCUT2D eigenvalue weighted by Crippen LogP contribution is -2.33. The van der Waals surface area contributed by atoms with Gasteiger partial charge >= 0.3 is 0 Å². The molecule has 0 aliphatic rings. The van der Waals surface area contributed by atoms with E-state index in [1.807, 2.05) is 31.4 Å². The number of aromatic nitrogens is 2. The number of hydrogen-bond acceptors (Lipinski definition) is 3. The molecule has 2 aromatic rings. The van der Waals surface area contributed by atoms with Crippen LogP contribution in [0.15, 0.2) is 18.2 Å². The van der Waals surface area contributed by atoms with E-state index in [1.54, 1.807) is 12.1 Å². The van der Waals surface area contributed by atoms with E-state index >= 15 is 0 Å². The highest BCUT2D eigenvalue weighted by Crippen LogP contribution is 2.25. The fraction of sp³-hybridized carbons (Fsp3) is 0.467. The first-order valence-corrected chi connectivity index (χ1v) is 7.41. The highest BCUT2D eigenvalue weighted by molar-refractivity contribution is 6.29. The molecule has 0 unspecified atom stereocenters. The predicted octanol–water partition coefficient (Wildman–Crippen LogP) is 2.77. The number of hydrogen-bond donors (Lipinski definition) is 2. The van der Waals surface area contributed by atoms with Gasteiger partial charge in [0.05, 0.1) is 11.0 Å². The van der Waals surface area contributed by atoms with Gasteiger partial charge in [0.15, 0.2) is 0 Å². The fourth-order valence-corrected chi connectivity index (χ4v) is 2.65. The van der Waals surface area contributed by atoms with E-state index in [0.717, 1.165) is 5.52 Å². The van der Waals surface area contributed by atoms with E-state index in [-0.39, 0.29) is 24.6 Å². The Kier molecular flexibility index (Phi) is 4.85. The minimum absolute atomic E-state index is 0.0505. The molecule has 1 heterocycles. The molecule has 0 saturated carbocycles. The third kappa shape index (κ3) is 3.36. The van der Waals surface area contributed by atoms with Crippen LogP contribution >= 0.6 is 11.6 Å². The van der Waals surface area contributed by atoms with Gasteiger partial charge in [-0.15, -0.1) is 0 Å². The van der Waals surface area contributed by atoms with Crippen LogP contribution in [0.2, 0.25) is 5.28 Å². The van der Waals surface area contributed by atoms with Crippen molar-refractivity contribution in [3.05, 3.63) is 29.0 Å². The minimum atomic E-state index is -0.173. The maximum Gasteiger partial charge on any atom is 0.251 e. The number of carbonyl (C=O) groups is 1. The lowest BCUT2D eigenvalue weighted by atomic mass is 10.1. The number of aliphatic hydroxyl groups is 1. The number of amides is 1. The second-order valence-corrected chi connectivity index (χ2v) is 5.77. The molecule has 21 heavy (non-hydrogen) atoms. The molecule has 5 nitrogen and oxygen atoms in total. The summed E-state index contributed by atoms with van der Waals surface area (Å²) in [6.07, 6.45) is 0.530. The zero-order chi connectivity index (χ0) is 15.6. The van der Waals surface area contributed by atoms with E-state index in [9.17, 15) is 4.79 Å². The summed E-state index contributed by atoms with van der Waals surface area (Å²) in [5.41, 5.74) is 2.16. The molecule has 1 atom stereocenters. The Balaban J connectivity index is 2.29. The van der Waals surface area contributed by atoms with Gasteiger partial charge in [-0.1, -0.05) is 0 Å². The Morgan fingerprint density at radius 1 is 1.43 bits per heavy atom. The standard InChI is InChI=1S/C15H20ClN3O2/c1-9(2)19-13-5-4-11(8-12(13)18-15(19)16)14(21)17-10(3)6-7-20/h4-5,8-10,20H,6-7H2,1-3H3,(H,17,21)/t10-/m0/s1. The van der Waals surface area contributed by atoms with Crippen LogP contribution < -0.4 is 5.32 Å². The number of imidazole rings is 1. The molecule has 0 aliphatic heterocycles. The van der Waals surface area contributed by atoms with Crippen molar-refractivity contribution < 1.29 is 9.90 Å². The van der Waals surface area contributed by atoms with Crippen LogP contribution in [0, 0.1) is 0 Å². The summed E-state index contributed by atoms with van der Waals surface area (Å²) in [6.45, 7) is 5.97. The summed E-state index contributed by atoms with van der Waals surface area (Å²) in [4.78, 5) is 16.4. The molecule has 1 aromatic heterocycles. The first-order valence-electron chi connectivity index (χ1n) is 7.03. The lowest BCUT2D eigenvalue weighted by Gasteiger charge is -2.13. The zero-order valence-electron chi connectivity index (χ0n) is 12.4. The molecule has 2 N–H and O–H groups in total. The van der Waals surface area contributed by atoms with Crippen molar-refractivity contribution in [1.29, 1.82) is 0 Å². The average molecular weight is 310 g/mol. The first-order chi connectivity index (χ1) is 9.93. The topological polar surface area (TPSA) is 67.2 Å². The number of fused-ring (bicyclic) bond motifs is 1. The molecule has 0 fully saturated rings. The van der Waals surface area contributed by atoms with Crippen LogP contribution in [0.5, 0.6) is 0 Å². The molecule has 1 amide bonds. The molecule has 1 aromatic carbocycles. The SMILES string of the molecule is CC(C)n1c(Cl)nc2cc(C(=O)N[C@@H](C)CCO)ccc21. The number of carbonyl (C=O) groups excluding carboxylic acids is 1. The summed E-state index contributed by atoms with van der Waals surface area (Å²) in [6, 6.07) is 5.49. The van der Waals surface area contributed by atoms with Gasteiger partial charge in [0.1, 0.15) is 0 Å². The van der Waals surface area contributed by atoms with Crippen molar-refractivity contribution in [2.75, 3.05) is 6.61 Å². The third-order valence-electron chi connectivity index (χ3n) is 3.36. The lowest BCUT2D eigenvalue weighted by molar-refractivity contribution is 0.0934. The molecule has 0 aliphatic carbocycles. The largest absolute Gasteiger partial charge is 0.396 e. The minimum Gasteiger partial charge on any atom is -0.396 e. The molecule has 114 valence electrons. The number of nitrogens with zero attached hydrogens (tertiary/aromatic N) is 2. The monoisotopic (exact) mass is 309 g/mol. The van der Waals surface area contributed by atoms with Crippen LogP contribution in [0.1, 0.15) is 43.6 Å². The van der Waals surface area contributed by atoms with E-state index < -0.39 is 0 Å². The van der Waals surface area contributed by atoms with E-state index in [4.69, 9.17) is 16.7 Å². The Bertz CT molecular complexity index is 652. The number of halogens is 1. The summed E-state index contributed by atoms with van der Waals surface area (Å²) in [5, 5.41) is 12.1. The molecule has 6 heteroatoms. The van der Waals surface area contributed by atoms with Gasteiger partial charge in [0.25, 0.3) is 5.91 Å². The van der Waals surface area contributed by atoms with Crippen LogP contribution in [0.3, 0.4) is 0 Å². The second kappa shape index (κ2) is 6.45. The molecule has 0 radical (unpaired) electrons. The summed E-state index contributed by atoms with van der Waals surface area (Å²) in [7, 11) is 0. The Morgan fingerprint density at radius 3 is 2.76 bits per heavy atom. The summed E-state index contributed by atoms with van der Waals surface area (Å²) >= 11 is 6.14. The molecular formula is C15H20ClN3O2. The fourth-order valence-electron chi connectivity index (χ4n) is 2.27. The van der Waals surface area contributed by atoms with Crippen molar-refractivity contribution >= 4 is 28.5 Å². The van der Waals surface area contributed by atoms with Crippen molar-refractivity contribution in [2.24, 2.45) is 0 Å². The van der Waals surface area contributed by atoms with Gasteiger partial charge < -0.3 is 15.0 Å². The summed E-state index contributed by atoms with van der Waals surface area (Å²) in [5.74, 6) is -0.173. The van der Waals surface area contributed by atoms with E-state index in [0.29, 0.717) is 22.8 Å². The highest BCUT2D eigenvalue weighted by Gasteiger charge is 2.15. The molecular weight excluding hydrogens is 290 g/mol. The Hall–Kier alpha value is -1.59. The second-order valence-electron chi connectivity index (χ2n) is 5.43. The predicted molar refractivity (Wildman–Crippen MR) is 83.8 cm³/mol. The molecule has 0 bridgehead atoms. The zero-order valence-corrected chi connectivity index (χ0v) is 13.2. The Labute approximate surface area is 128 Å². The maximum atomic E-state index is 12.1. The van der Waals surface area contributed by atoms with Gasteiger partial charge in [-0.05, 0) is 57.0 Å². The molecule has 0 saturated heterocycles. The first kappa shape index (κ1) is 15.8. The number of aliphatic hydroxyl groups excluding tert-OH is 1. The highest BCUT2D eigenvalue weighted by atomic mass is 35.5. The van der Waals surface area contributed by atoms with Gasteiger partial charge in [0.2, 0.25) is 5.28 Å². The summed E-state index contributed by atoms with van der Waals surface area (Å²) < 4.78 is 1.92. The third-order valence-corrected chi connectivity index (χ3v) is 3.63. The molecule has 0 spiro atoms. The number of nitrogens with one attached hydrogen (secondary N) is 1. The van der Waals surface area contributed by atoms with Crippen LogP contribution in [-0.2, 0) is 0 Å². The van der Waals surface area contributed by atoms with E-state index in [2.05, 4.69) is 10.3 Å².